The number of nitrogens with one attached hydrogen (secondary N) is 1. The van der Waals surface area contributed by atoms with Gasteiger partial charge < -0.3 is 5.32 Å². The second kappa shape index (κ2) is 5.90. The molecule has 7 heteroatoms. The number of benzene rings is 2. The van der Waals surface area contributed by atoms with Crippen LogP contribution < -0.4 is 10.2 Å². The summed E-state index contributed by atoms with van der Waals surface area (Å²) in [4.78, 5) is 13.2. The second-order valence-corrected chi connectivity index (χ2v) is 5.83. The highest BCUT2D eigenvalue weighted by atomic mass is 32.1. The summed E-state index contributed by atoms with van der Waals surface area (Å²) in [5, 5.41) is 2.85. The van der Waals surface area contributed by atoms with E-state index in [9.17, 15) is 18.0 Å². The highest BCUT2D eigenvalue weighted by Gasteiger charge is 2.37. The van der Waals surface area contributed by atoms with Crippen LogP contribution in [0.15, 0.2) is 48.5 Å². The lowest BCUT2D eigenvalue weighted by Crippen LogP contribution is -2.31. The van der Waals surface area contributed by atoms with Gasteiger partial charge >= 0.3 is 6.18 Å². The fourth-order valence-corrected chi connectivity index (χ4v) is 3.00. The summed E-state index contributed by atoms with van der Waals surface area (Å²) in [6.07, 6.45) is -4.55. The Balaban J connectivity index is 2.13. The third-order valence-corrected chi connectivity index (χ3v) is 4.09. The first-order valence-corrected chi connectivity index (χ1v) is 7.61. The van der Waals surface area contributed by atoms with Crippen molar-refractivity contribution in [2.75, 3.05) is 4.90 Å². The van der Waals surface area contributed by atoms with Crippen molar-refractivity contribution < 1.29 is 18.0 Å². The number of hydrogen-bond acceptors (Lipinski definition) is 2. The lowest BCUT2D eigenvalue weighted by molar-refractivity contribution is -0.137. The number of rotatable bonds is 2. The summed E-state index contributed by atoms with van der Waals surface area (Å²) >= 11 is 5.05. The standard InChI is InChI=1S/C17H13F3N2OS/c1-10-15(23)22(16(24)21-10)12-7-8-13(11-5-3-2-4-6-11)14(9-12)17(18,19)20/h2-10H,1H3,(H,21,24)/t10-/m1/s1. The average Bonchev–Trinajstić information content (AvgIpc) is 2.79. The molecule has 1 aliphatic heterocycles. The number of halogens is 3. The van der Waals surface area contributed by atoms with Gasteiger partial charge in [0.05, 0.1) is 11.3 Å². The van der Waals surface area contributed by atoms with Crippen molar-refractivity contribution in [1.29, 1.82) is 0 Å². The van der Waals surface area contributed by atoms with Crippen LogP contribution in [0.25, 0.3) is 11.1 Å². The van der Waals surface area contributed by atoms with E-state index in [4.69, 9.17) is 12.2 Å². The van der Waals surface area contributed by atoms with E-state index in [1.165, 1.54) is 12.1 Å². The molecule has 2 aromatic rings. The van der Waals surface area contributed by atoms with Crippen molar-refractivity contribution >= 4 is 28.9 Å². The Kier molecular flexibility index (Phi) is 4.04. The van der Waals surface area contributed by atoms with Gasteiger partial charge in [-0.1, -0.05) is 36.4 Å². The third kappa shape index (κ3) is 2.87. The van der Waals surface area contributed by atoms with E-state index < -0.39 is 17.8 Å². The molecule has 1 saturated heterocycles. The SMILES string of the molecule is C[C@H]1NC(=S)N(c2ccc(-c3ccccc3)c(C(F)(F)F)c2)C1=O. The zero-order valence-electron chi connectivity index (χ0n) is 12.6. The van der Waals surface area contributed by atoms with Crippen molar-refractivity contribution in [2.45, 2.75) is 19.1 Å². The zero-order valence-corrected chi connectivity index (χ0v) is 13.4. The quantitative estimate of drug-likeness (QED) is 0.832. The average molecular weight is 350 g/mol. The summed E-state index contributed by atoms with van der Waals surface area (Å²) in [6.45, 7) is 1.61. The fourth-order valence-electron chi connectivity index (χ4n) is 2.63. The third-order valence-electron chi connectivity index (χ3n) is 3.79. The first kappa shape index (κ1) is 16.4. The summed E-state index contributed by atoms with van der Waals surface area (Å²) in [5.41, 5.74) is -0.182. The first-order valence-electron chi connectivity index (χ1n) is 7.20. The van der Waals surface area contributed by atoms with Gasteiger partial charge in [0.25, 0.3) is 5.91 Å². The normalized spacial score (nSPS) is 18.0. The first-order chi connectivity index (χ1) is 11.3. The maximum absolute atomic E-state index is 13.5. The van der Waals surface area contributed by atoms with E-state index in [0.717, 1.165) is 11.0 Å². The largest absolute Gasteiger partial charge is 0.417 e. The van der Waals surface area contributed by atoms with Crippen molar-refractivity contribution in [2.24, 2.45) is 0 Å². The van der Waals surface area contributed by atoms with E-state index in [2.05, 4.69) is 5.32 Å². The predicted molar refractivity (Wildman–Crippen MR) is 89.6 cm³/mol. The van der Waals surface area contributed by atoms with E-state index in [-0.39, 0.29) is 22.3 Å². The zero-order chi connectivity index (χ0) is 17.5. The molecule has 1 heterocycles. The van der Waals surface area contributed by atoms with Gasteiger partial charge in [0.1, 0.15) is 6.04 Å². The molecule has 0 unspecified atom stereocenters. The van der Waals surface area contributed by atoms with E-state index >= 15 is 0 Å². The molecule has 24 heavy (non-hydrogen) atoms. The fraction of sp³-hybridized carbons (Fsp3) is 0.176. The molecule has 1 amide bonds. The number of amides is 1. The summed E-state index contributed by atoms with van der Waals surface area (Å²) in [6, 6.07) is 11.6. The lowest BCUT2D eigenvalue weighted by Gasteiger charge is -2.19. The number of carbonyl (C=O) groups excluding carboxylic acids is 1. The highest BCUT2D eigenvalue weighted by molar-refractivity contribution is 7.80. The second-order valence-electron chi connectivity index (χ2n) is 5.44. The maximum Gasteiger partial charge on any atom is 0.417 e. The Morgan fingerprint density at radius 2 is 1.79 bits per heavy atom. The van der Waals surface area contributed by atoms with Crippen LogP contribution in [0.1, 0.15) is 12.5 Å². The Morgan fingerprint density at radius 1 is 1.12 bits per heavy atom. The van der Waals surface area contributed by atoms with Gasteiger partial charge in [-0.2, -0.15) is 13.2 Å². The smallest absolute Gasteiger partial charge is 0.350 e. The highest BCUT2D eigenvalue weighted by Crippen LogP contribution is 2.39. The summed E-state index contributed by atoms with van der Waals surface area (Å²) in [5.74, 6) is -0.374. The van der Waals surface area contributed by atoms with Crippen molar-refractivity contribution in [3.63, 3.8) is 0 Å². The Bertz CT molecular complexity index is 805. The number of carbonyl (C=O) groups is 1. The van der Waals surface area contributed by atoms with Crippen molar-refractivity contribution in [3.05, 3.63) is 54.1 Å². The molecule has 0 aliphatic carbocycles. The monoisotopic (exact) mass is 350 g/mol. The number of thiocarbonyl (C=S) groups is 1. The minimum Gasteiger partial charge on any atom is -0.350 e. The number of alkyl halides is 3. The molecule has 3 nitrogen and oxygen atoms in total. The van der Waals surface area contributed by atoms with Crippen LogP contribution in [-0.2, 0) is 11.0 Å². The van der Waals surface area contributed by atoms with Crippen LogP contribution in [0.4, 0.5) is 18.9 Å². The van der Waals surface area contributed by atoms with Crippen LogP contribution in [0.2, 0.25) is 0 Å². The molecular weight excluding hydrogens is 337 g/mol. The molecule has 0 spiro atoms. The van der Waals surface area contributed by atoms with E-state index in [1.807, 2.05) is 0 Å². The Morgan fingerprint density at radius 3 is 2.33 bits per heavy atom. The van der Waals surface area contributed by atoms with Crippen molar-refractivity contribution in [1.82, 2.24) is 5.32 Å². The van der Waals surface area contributed by atoms with Crippen molar-refractivity contribution in [3.8, 4) is 11.1 Å². The molecule has 3 rings (SSSR count). The molecule has 0 bridgehead atoms. The minimum absolute atomic E-state index is 0.0606. The van der Waals surface area contributed by atoms with Gasteiger partial charge in [-0.25, -0.2) is 0 Å². The molecule has 0 aromatic heterocycles. The number of anilines is 1. The van der Waals surface area contributed by atoms with E-state index in [0.29, 0.717) is 5.56 Å². The predicted octanol–water partition coefficient (Wildman–Crippen LogP) is 3.98. The van der Waals surface area contributed by atoms with Gasteiger partial charge in [-0.05, 0) is 42.4 Å². The summed E-state index contributed by atoms with van der Waals surface area (Å²) in [7, 11) is 0. The van der Waals surface area contributed by atoms with Crippen LogP contribution in [0.3, 0.4) is 0 Å². The topological polar surface area (TPSA) is 32.3 Å². The number of hydrogen-bond donors (Lipinski definition) is 1. The van der Waals surface area contributed by atoms with Crippen LogP contribution in [-0.4, -0.2) is 17.1 Å². The van der Waals surface area contributed by atoms with Gasteiger partial charge in [-0.15, -0.1) is 0 Å². The minimum atomic E-state index is -4.55. The maximum atomic E-state index is 13.5. The molecule has 124 valence electrons. The molecule has 1 N–H and O–H groups in total. The Labute approximate surface area is 142 Å². The van der Waals surface area contributed by atoms with Gasteiger partial charge in [0.2, 0.25) is 0 Å². The van der Waals surface area contributed by atoms with Crippen LogP contribution in [0.5, 0.6) is 0 Å². The molecule has 1 aliphatic rings. The molecule has 1 fully saturated rings. The number of nitrogens with zero attached hydrogens (tertiary/aromatic N) is 1. The van der Waals surface area contributed by atoms with Crippen LogP contribution in [0, 0.1) is 0 Å². The molecule has 0 radical (unpaired) electrons. The summed E-state index contributed by atoms with van der Waals surface area (Å²) < 4.78 is 40.6. The molecule has 2 aromatic carbocycles. The van der Waals surface area contributed by atoms with Gasteiger partial charge in [0, 0.05) is 0 Å². The molecule has 1 atom stereocenters. The van der Waals surface area contributed by atoms with Gasteiger partial charge in [0.15, 0.2) is 5.11 Å². The molecule has 0 saturated carbocycles. The Hall–Kier alpha value is -2.41. The molecular formula is C17H13F3N2OS. The van der Waals surface area contributed by atoms with Crippen LogP contribution >= 0.6 is 12.2 Å². The van der Waals surface area contributed by atoms with Gasteiger partial charge in [-0.3, -0.25) is 9.69 Å². The lowest BCUT2D eigenvalue weighted by atomic mass is 9.98. The van der Waals surface area contributed by atoms with E-state index in [1.54, 1.807) is 37.3 Å².